The number of carbonyl (C=O) groups is 2. The minimum Gasteiger partial charge on any atom is -0.325 e. The van der Waals surface area contributed by atoms with Crippen LogP contribution >= 0.6 is 0 Å². The van der Waals surface area contributed by atoms with Crippen LogP contribution in [0.4, 0.5) is 5.69 Å². The predicted octanol–water partition coefficient (Wildman–Crippen LogP) is 4.70. The van der Waals surface area contributed by atoms with E-state index in [-0.39, 0.29) is 11.7 Å². The fourth-order valence-electron chi connectivity index (χ4n) is 2.53. The van der Waals surface area contributed by atoms with E-state index in [2.05, 4.69) is 12.2 Å². The zero-order valence-corrected chi connectivity index (χ0v) is 13.5. The monoisotopic (exact) mass is 309 g/mol. The van der Waals surface area contributed by atoms with Gasteiger partial charge in [-0.3, -0.25) is 9.59 Å². The van der Waals surface area contributed by atoms with Gasteiger partial charge in [0.2, 0.25) is 5.91 Å². The number of para-hydroxylation sites is 1. The highest BCUT2D eigenvalue weighted by molar-refractivity contribution is 6.13. The van der Waals surface area contributed by atoms with Crippen molar-refractivity contribution in [2.45, 2.75) is 32.6 Å². The molecule has 0 aliphatic carbocycles. The van der Waals surface area contributed by atoms with Crippen LogP contribution < -0.4 is 5.32 Å². The van der Waals surface area contributed by atoms with Crippen molar-refractivity contribution in [2.24, 2.45) is 5.92 Å². The number of carbonyl (C=O) groups excluding carboxylic acids is 2. The molecular weight excluding hydrogens is 286 g/mol. The van der Waals surface area contributed by atoms with E-state index in [1.807, 2.05) is 48.5 Å². The molecular formula is C20H23NO2. The maximum absolute atomic E-state index is 12.7. The number of anilines is 1. The number of benzene rings is 2. The Bertz CT molecular complexity index is 623. The lowest BCUT2D eigenvalue weighted by Gasteiger charge is -2.16. The number of hydrogen-bond donors (Lipinski definition) is 1. The molecule has 1 atom stereocenters. The molecule has 2 aromatic rings. The third-order valence-corrected chi connectivity index (χ3v) is 3.83. The first-order valence-corrected chi connectivity index (χ1v) is 8.17. The fraction of sp³-hybridized carbons (Fsp3) is 0.300. The molecule has 0 aromatic heterocycles. The third kappa shape index (κ3) is 5.06. The second-order valence-corrected chi connectivity index (χ2v) is 5.63. The molecule has 0 saturated heterocycles. The highest BCUT2D eigenvalue weighted by atomic mass is 16.2. The van der Waals surface area contributed by atoms with Crippen LogP contribution in [-0.4, -0.2) is 11.7 Å². The first kappa shape index (κ1) is 16.9. The van der Waals surface area contributed by atoms with Crippen LogP contribution in [0.15, 0.2) is 60.7 Å². The molecule has 0 aliphatic rings. The summed E-state index contributed by atoms with van der Waals surface area (Å²) >= 11 is 0. The summed E-state index contributed by atoms with van der Waals surface area (Å²) in [7, 11) is 0. The molecule has 2 aromatic carbocycles. The van der Waals surface area contributed by atoms with Gasteiger partial charge in [-0.25, -0.2) is 0 Å². The summed E-state index contributed by atoms with van der Waals surface area (Å²) in [5.41, 5.74) is 1.32. The van der Waals surface area contributed by atoms with Gasteiger partial charge in [0.1, 0.15) is 5.92 Å². The van der Waals surface area contributed by atoms with Crippen molar-refractivity contribution in [3.63, 3.8) is 0 Å². The fourth-order valence-corrected chi connectivity index (χ4v) is 2.53. The van der Waals surface area contributed by atoms with Crippen LogP contribution in [0.2, 0.25) is 0 Å². The molecule has 1 N–H and O–H groups in total. The average molecular weight is 309 g/mol. The second-order valence-electron chi connectivity index (χ2n) is 5.63. The maximum atomic E-state index is 12.7. The number of amides is 1. The summed E-state index contributed by atoms with van der Waals surface area (Å²) in [6.07, 6.45) is 3.55. The van der Waals surface area contributed by atoms with Crippen molar-refractivity contribution in [2.75, 3.05) is 5.32 Å². The van der Waals surface area contributed by atoms with Crippen LogP contribution in [0.25, 0.3) is 0 Å². The van der Waals surface area contributed by atoms with E-state index in [1.54, 1.807) is 12.1 Å². The molecule has 0 spiro atoms. The Hall–Kier alpha value is -2.42. The molecule has 3 heteroatoms. The van der Waals surface area contributed by atoms with E-state index >= 15 is 0 Å². The minimum atomic E-state index is -0.635. The summed E-state index contributed by atoms with van der Waals surface area (Å²) < 4.78 is 0. The number of Topliss-reactive ketones (excluding diaryl/α,β-unsaturated/α-hetero) is 1. The Morgan fingerprint density at radius 3 is 2.13 bits per heavy atom. The Kier molecular flexibility index (Phi) is 6.55. The van der Waals surface area contributed by atoms with Gasteiger partial charge in [-0.2, -0.15) is 0 Å². The van der Waals surface area contributed by atoms with Gasteiger partial charge in [-0.15, -0.1) is 0 Å². The Morgan fingerprint density at radius 1 is 0.913 bits per heavy atom. The topological polar surface area (TPSA) is 46.2 Å². The van der Waals surface area contributed by atoms with Crippen molar-refractivity contribution in [1.29, 1.82) is 0 Å². The van der Waals surface area contributed by atoms with E-state index in [9.17, 15) is 9.59 Å². The Morgan fingerprint density at radius 2 is 1.52 bits per heavy atom. The van der Waals surface area contributed by atoms with Gasteiger partial charge in [-0.1, -0.05) is 74.7 Å². The van der Waals surface area contributed by atoms with Crippen molar-refractivity contribution in [1.82, 2.24) is 0 Å². The van der Waals surface area contributed by atoms with E-state index in [0.717, 1.165) is 24.9 Å². The number of nitrogens with one attached hydrogen (secondary N) is 1. The van der Waals surface area contributed by atoms with E-state index in [1.165, 1.54) is 0 Å². The van der Waals surface area contributed by atoms with Crippen molar-refractivity contribution in [3.8, 4) is 0 Å². The number of hydrogen-bond acceptors (Lipinski definition) is 2. The Balaban J connectivity index is 2.12. The van der Waals surface area contributed by atoms with E-state index in [0.29, 0.717) is 12.0 Å². The number of ketones is 1. The van der Waals surface area contributed by atoms with Gasteiger partial charge < -0.3 is 5.32 Å². The SMILES string of the molecule is CCCCCC(C(=O)Nc1ccccc1)C(=O)c1ccccc1. The van der Waals surface area contributed by atoms with Gasteiger partial charge in [0.25, 0.3) is 0 Å². The molecule has 2 rings (SSSR count). The van der Waals surface area contributed by atoms with Crippen molar-refractivity contribution < 1.29 is 9.59 Å². The van der Waals surface area contributed by atoms with Crippen LogP contribution in [0, 0.1) is 5.92 Å². The minimum absolute atomic E-state index is 0.102. The first-order chi connectivity index (χ1) is 11.2. The van der Waals surface area contributed by atoms with Crippen LogP contribution in [0.1, 0.15) is 43.0 Å². The quantitative estimate of drug-likeness (QED) is 0.436. The van der Waals surface area contributed by atoms with E-state index < -0.39 is 5.92 Å². The predicted molar refractivity (Wildman–Crippen MR) is 93.5 cm³/mol. The summed E-state index contributed by atoms with van der Waals surface area (Å²) in [4.78, 5) is 25.3. The number of unbranched alkanes of at least 4 members (excludes halogenated alkanes) is 2. The molecule has 0 bridgehead atoms. The summed E-state index contributed by atoms with van der Waals surface area (Å²) in [6.45, 7) is 2.11. The first-order valence-electron chi connectivity index (χ1n) is 8.17. The molecule has 23 heavy (non-hydrogen) atoms. The molecule has 0 saturated carbocycles. The standard InChI is InChI=1S/C20H23NO2/c1-2-3-6-15-18(19(22)16-11-7-4-8-12-16)20(23)21-17-13-9-5-10-14-17/h4-5,7-14,18H,2-3,6,15H2,1H3,(H,21,23). The average Bonchev–Trinajstić information content (AvgIpc) is 2.60. The van der Waals surface area contributed by atoms with E-state index in [4.69, 9.17) is 0 Å². The highest BCUT2D eigenvalue weighted by Gasteiger charge is 2.27. The number of rotatable bonds is 8. The molecule has 0 heterocycles. The van der Waals surface area contributed by atoms with Gasteiger partial charge in [0, 0.05) is 11.3 Å². The summed E-state index contributed by atoms with van der Waals surface area (Å²) in [6, 6.07) is 18.3. The lowest BCUT2D eigenvalue weighted by Crippen LogP contribution is -2.30. The highest BCUT2D eigenvalue weighted by Crippen LogP contribution is 2.19. The van der Waals surface area contributed by atoms with Crippen LogP contribution in [0.3, 0.4) is 0 Å². The van der Waals surface area contributed by atoms with Gasteiger partial charge in [0.05, 0.1) is 0 Å². The zero-order valence-electron chi connectivity index (χ0n) is 13.5. The lowest BCUT2D eigenvalue weighted by molar-refractivity contribution is -0.118. The molecule has 0 fully saturated rings. The normalized spacial score (nSPS) is 11.7. The van der Waals surface area contributed by atoms with Gasteiger partial charge in [0.15, 0.2) is 5.78 Å². The molecule has 0 aliphatic heterocycles. The lowest BCUT2D eigenvalue weighted by atomic mass is 9.91. The largest absolute Gasteiger partial charge is 0.325 e. The zero-order chi connectivity index (χ0) is 16.5. The molecule has 120 valence electrons. The second kappa shape index (κ2) is 8.89. The molecule has 1 unspecified atom stereocenters. The molecule has 3 nitrogen and oxygen atoms in total. The van der Waals surface area contributed by atoms with Crippen LogP contribution in [0.5, 0.6) is 0 Å². The van der Waals surface area contributed by atoms with Crippen molar-refractivity contribution in [3.05, 3.63) is 66.2 Å². The van der Waals surface area contributed by atoms with Crippen molar-refractivity contribution >= 4 is 17.4 Å². The molecule has 1 amide bonds. The van der Waals surface area contributed by atoms with Gasteiger partial charge >= 0.3 is 0 Å². The summed E-state index contributed by atoms with van der Waals surface area (Å²) in [5.74, 6) is -0.958. The van der Waals surface area contributed by atoms with Gasteiger partial charge in [-0.05, 0) is 18.6 Å². The summed E-state index contributed by atoms with van der Waals surface area (Å²) in [5, 5.41) is 2.86. The molecule has 0 radical (unpaired) electrons. The third-order valence-electron chi connectivity index (χ3n) is 3.83. The smallest absolute Gasteiger partial charge is 0.235 e. The Labute approximate surface area is 137 Å². The maximum Gasteiger partial charge on any atom is 0.235 e. The van der Waals surface area contributed by atoms with Crippen LogP contribution in [-0.2, 0) is 4.79 Å².